The van der Waals surface area contributed by atoms with E-state index < -0.39 is 0 Å². The van der Waals surface area contributed by atoms with E-state index in [2.05, 4.69) is 22.5 Å². The SMILES string of the molecule is C=CCOCc1ccccc1Br. The summed E-state index contributed by atoms with van der Waals surface area (Å²) in [6.45, 7) is 4.81. The van der Waals surface area contributed by atoms with Gasteiger partial charge in [-0.1, -0.05) is 40.2 Å². The van der Waals surface area contributed by atoms with Crippen molar-refractivity contribution in [3.05, 3.63) is 47.0 Å². The van der Waals surface area contributed by atoms with Gasteiger partial charge in [-0.05, 0) is 11.6 Å². The van der Waals surface area contributed by atoms with Crippen molar-refractivity contribution in [2.24, 2.45) is 0 Å². The standard InChI is InChI=1S/C10H11BrO/c1-2-7-12-8-9-5-3-4-6-10(9)11/h2-6H,1,7-8H2. The molecule has 0 fully saturated rings. The van der Waals surface area contributed by atoms with Crippen LogP contribution >= 0.6 is 15.9 Å². The highest BCUT2D eigenvalue weighted by molar-refractivity contribution is 9.10. The molecule has 0 aliphatic heterocycles. The van der Waals surface area contributed by atoms with Gasteiger partial charge >= 0.3 is 0 Å². The van der Waals surface area contributed by atoms with Crippen molar-refractivity contribution in [3.8, 4) is 0 Å². The van der Waals surface area contributed by atoms with Crippen LogP contribution in [-0.2, 0) is 11.3 Å². The molecule has 0 aliphatic rings. The van der Waals surface area contributed by atoms with Gasteiger partial charge in [0.2, 0.25) is 0 Å². The molecule has 0 unspecified atom stereocenters. The van der Waals surface area contributed by atoms with Crippen molar-refractivity contribution >= 4 is 15.9 Å². The van der Waals surface area contributed by atoms with Crippen LogP contribution in [0.25, 0.3) is 0 Å². The second kappa shape index (κ2) is 5.12. The summed E-state index contributed by atoms with van der Waals surface area (Å²) in [7, 11) is 0. The van der Waals surface area contributed by atoms with Crippen LogP contribution < -0.4 is 0 Å². The van der Waals surface area contributed by atoms with Crippen LogP contribution in [0.4, 0.5) is 0 Å². The third-order valence-corrected chi connectivity index (χ3v) is 2.22. The van der Waals surface area contributed by atoms with Gasteiger partial charge in [0.25, 0.3) is 0 Å². The lowest BCUT2D eigenvalue weighted by molar-refractivity contribution is 0.148. The largest absolute Gasteiger partial charge is 0.373 e. The molecular formula is C10H11BrO. The molecule has 1 nitrogen and oxygen atoms in total. The van der Waals surface area contributed by atoms with E-state index in [1.807, 2.05) is 24.3 Å². The Labute approximate surface area is 81.2 Å². The zero-order valence-corrected chi connectivity index (χ0v) is 8.38. The number of hydrogen-bond donors (Lipinski definition) is 0. The van der Waals surface area contributed by atoms with Gasteiger partial charge in [0.05, 0.1) is 13.2 Å². The van der Waals surface area contributed by atoms with Crippen molar-refractivity contribution < 1.29 is 4.74 Å². The number of hydrogen-bond acceptors (Lipinski definition) is 1. The first-order valence-electron chi connectivity index (χ1n) is 3.76. The van der Waals surface area contributed by atoms with Crippen LogP contribution in [0.3, 0.4) is 0 Å². The predicted molar refractivity (Wildman–Crippen MR) is 54.0 cm³/mol. The predicted octanol–water partition coefficient (Wildman–Crippen LogP) is 3.15. The molecule has 0 aliphatic carbocycles. The molecule has 0 saturated carbocycles. The minimum absolute atomic E-state index is 0.599. The Bertz CT molecular complexity index is 258. The van der Waals surface area contributed by atoms with E-state index in [-0.39, 0.29) is 0 Å². The first-order chi connectivity index (χ1) is 5.84. The average Bonchev–Trinajstić information content (AvgIpc) is 2.09. The highest BCUT2D eigenvalue weighted by atomic mass is 79.9. The molecule has 64 valence electrons. The molecule has 0 saturated heterocycles. The molecule has 0 spiro atoms. The molecule has 0 amide bonds. The monoisotopic (exact) mass is 226 g/mol. The third kappa shape index (κ3) is 2.80. The summed E-state index contributed by atoms with van der Waals surface area (Å²) in [4.78, 5) is 0. The maximum atomic E-state index is 5.30. The van der Waals surface area contributed by atoms with Crippen LogP contribution in [0.5, 0.6) is 0 Å². The number of halogens is 1. The van der Waals surface area contributed by atoms with E-state index in [4.69, 9.17) is 4.74 Å². The normalized spacial score (nSPS) is 9.75. The maximum Gasteiger partial charge on any atom is 0.0732 e. The fraction of sp³-hybridized carbons (Fsp3) is 0.200. The summed E-state index contributed by atoms with van der Waals surface area (Å²) in [6, 6.07) is 8.03. The lowest BCUT2D eigenvalue weighted by Gasteiger charge is -2.03. The summed E-state index contributed by atoms with van der Waals surface area (Å²) < 4.78 is 6.39. The van der Waals surface area contributed by atoms with E-state index in [0.29, 0.717) is 13.2 Å². The molecule has 12 heavy (non-hydrogen) atoms. The van der Waals surface area contributed by atoms with Gasteiger partial charge in [-0.2, -0.15) is 0 Å². The fourth-order valence-corrected chi connectivity index (χ4v) is 1.27. The lowest BCUT2D eigenvalue weighted by Crippen LogP contribution is -1.92. The third-order valence-electron chi connectivity index (χ3n) is 1.45. The minimum atomic E-state index is 0.599. The Kier molecular flexibility index (Phi) is 4.05. The first kappa shape index (κ1) is 9.49. The molecule has 2 heteroatoms. The highest BCUT2D eigenvalue weighted by Crippen LogP contribution is 2.16. The second-order valence-electron chi connectivity index (χ2n) is 2.40. The molecule has 1 aromatic carbocycles. The summed E-state index contributed by atoms with van der Waals surface area (Å²) in [5, 5.41) is 0. The first-order valence-corrected chi connectivity index (χ1v) is 4.56. The minimum Gasteiger partial charge on any atom is -0.373 e. The summed E-state index contributed by atoms with van der Waals surface area (Å²) in [5.41, 5.74) is 1.17. The van der Waals surface area contributed by atoms with Gasteiger partial charge in [-0.25, -0.2) is 0 Å². The van der Waals surface area contributed by atoms with Crippen molar-refractivity contribution in [1.29, 1.82) is 0 Å². The van der Waals surface area contributed by atoms with Crippen LogP contribution in [0.15, 0.2) is 41.4 Å². The number of ether oxygens (including phenoxy) is 1. The average molecular weight is 227 g/mol. The topological polar surface area (TPSA) is 9.23 Å². The van der Waals surface area contributed by atoms with Gasteiger partial charge in [0.15, 0.2) is 0 Å². The Morgan fingerprint density at radius 2 is 2.17 bits per heavy atom. The lowest BCUT2D eigenvalue weighted by atomic mass is 10.2. The second-order valence-corrected chi connectivity index (χ2v) is 3.25. The van der Waals surface area contributed by atoms with E-state index in [0.717, 1.165) is 4.47 Å². The van der Waals surface area contributed by atoms with Gasteiger partial charge in [-0.15, -0.1) is 6.58 Å². The van der Waals surface area contributed by atoms with Crippen LogP contribution in [-0.4, -0.2) is 6.61 Å². The van der Waals surface area contributed by atoms with Crippen molar-refractivity contribution in [1.82, 2.24) is 0 Å². The summed E-state index contributed by atoms with van der Waals surface area (Å²) in [5.74, 6) is 0. The molecule has 0 atom stereocenters. The van der Waals surface area contributed by atoms with Crippen molar-refractivity contribution in [2.45, 2.75) is 6.61 Å². The smallest absolute Gasteiger partial charge is 0.0732 e. The van der Waals surface area contributed by atoms with Gasteiger partial charge < -0.3 is 4.74 Å². The molecule has 0 radical (unpaired) electrons. The maximum absolute atomic E-state index is 5.30. The van der Waals surface area contributed by atoms with Gasteiger partial charge in [0, 0.05) is 4.47 Å². The fourth-order valence-electron chi connectivity index (χ4n) is 0.868. The quantitative estimate of drug-likeness (QED) is 0.567. The number of benzene rings is 1. The van der Waals surface area contributed by atoms with E-state index >= 15 is 0 Å². The van der Waals surface area contributed by atoms with Crippen molar-refractivity contribution in [3.63, 3.8) is 0 Å². The summed E-state index contributed by atoms with van der Waals surface area (Å²) >= 11 is 3.44. The van der Waals surface area contributed by atoms with E-state index in [1.165, 1.54) is 5.56 Å². The van der Waals surface area contributed by atoms with Gasteiger partial charge in [-0.3, -0.25) is 0 Å². The van der Waals surface area contributed by atoms with Crippen LogP contribution in [0.1, 0.15) is 5.56 Å². The highest BCUT2D eigenvalue weighted by Gasteiger charge is 1.96. The molecule has 0 bridgehead atoms. The summed E-state index contributed by atoms with van der Waals surface area (Å²) in [6.07, 6.45) is 1.75. The Morgan fingerprint density at radius 1 is 1.42 bits per heavy atom. The molecule has 1 aromatic rings. The molecular weight excluding hydrogens is 216 g/mol. The van der Waals surface area contributed by atoms with Crippen LogP contribution in [0.2, 0.25) is 0 Å². The molecule has 0 heterocycles. The Hall–Kier alpha value is -0.600. The van der Waals surface area contributed by atoms with E-state index in [9.17, 15) is 0 Å². The molecule has 0 N–H and O–H groups in total. The van der Waals surface area contributed by atoms with Crippen LogP contribution in [0, 0.1) is 0 Å². The van der Waals surface area contributed by atoms with Gasteiger partial charge in [0.1, 0.15) is 0 Å². The van der Waals surface area contributed by atoms with Crippen molar-refractivity contribution in [2.75, 3.05) is 6.61 Å². The molecule has 1 rings (SSSR count). The Balaban J connectivity index is 2.51. The molecule has 0 aromatic heterocycles. The zero-order valence-electron chi connectivity index (χ0n) is 6.79. The zero-order chi connectivity index (χ0) is 8.81. The Morgan fingerprint density at radius 3 is 2.83 bits per heavy atom. The van der Waals surface area contributed by atoms with E-state index in [1.54, 1.807) is 6.08 Å². The number of rotatable bonds is 4.